The predicted molar refractivity (Wildman–Crippen MR) is 158 cm³/mol. The van der Waals surface area contributed by atoms with Crippen molar-refractivity contribution in [2.24, 2.45) is 7.05 Å². The summed E-state index contributed by atoms with van der Waals surface area (Å²) >= 11 is 6.49. The van der Waals surface area contributed by atoms with Gasteiger partial charge in [-0.2, -0.15) is 0 Å². The van der Waals surface area contributed by atoms with Crippen molar-refractivity contribution in [1.82, 2.24) is 14.4 Å². The van der Waals surface area contributed by atoms with E-state index in [0.29, 0.717) is 23.5 Å². The Hall–Kier alpha value is -3.09. The normalized spacial score (nSPS) is 17.1. The molecule has 3 heterocycles. The van der Waals surface area contributed by atoms with Crippen LogP contribution in [0.1, 0.15) is 44.2 Å². The molecule has 6 nitrogen and oxygen atoms in total. The van der Waals surface area contributed by atoms with E-state index < -0.39 is 5.54 Å². The number of benzene rings is 2. The molecule has 0 saturated carbocycles. The van der Waals surface area contributed by atoms with Crippen molar-refractivity contribution >= 4 is 34.0 Å². The Morgan fingerprint density at radius 2 is 1.82 bits per heavy atom. The van der Waals surface area contributed by atoms with Gasteiger partial charge in [0.15, 0.2) is 0 Å². The van der Waals surface area contributed by atoms with Crippen LogP contribution >= 0.6 is 11.6 Å². The maximum atomic E-state index is 13.0. The van der Waals surface area contributed by atoms with Gasteiger partial charge in [0, 0.05) is 42.0 Å². The molecule has 38 heavy (non-hydrogen) atoms. The number of piperidine rings is 1. The average molecular weight is 535 g/mol. The second kappa shape index (κ2) is 12.2. The Morgan fingerprint density at radius 3 is 2.55 bits per heavy atom. The number of carbonyl (C=O) groups excluding carboxylic acids is 1. The summed E-state index contributed by atoms with van der Waals surface area (Å²) in [5.74, 6) is 0.0245. The number of amides is 1. The number of anilines is 1. The van der Waals surface area contributed by atoms with Gasteiger partial charge in [0.1, 0.15) is 0 Å². The van der Waals surface area contributed by atoms with Gasteiger partial charge in [-0.15, -0.1) is 0 Å². The van der Waals surface area contributed by atoms with Gasteiger partial charge in [-0.3, -0.25) is 14.5 Å². The Balaban J connectivity index is 0.00000164. The number of halogens is 1. The second-order valence-electron chi connectivity index (χ2n) is 10.1. The van der Waals surface area contributed by atoms with E-state index in [1.165, 1.54) is 19.3 Å². The van der Waals surface area contributed by atoms with Crippen molar-refractivity contribution in [3.63, 3.8) is 0 Å². The second-order valence-corrected chi connectivity index (χ2v) is 10.5. The number of aryl methyl sites for hydroxylation is 1. The first kappa shape index (κ1) is 27.9. The first-order valence-electron chi connectivity index (χ1n) is 13.7. The third kappa shape index (κ3) is 5.82. The Morgan fingerprint density at radius 1 is 1.08 bits per heavy atom. The van der Waals surface area contributed by atoms with Crippen LogP contribution in [0.4, 0.5) is 5.69 Å². The molecule has 2 fully saturated rings. The quantitative estimate of drug-likeness (QED) is 0.411. The van der Waals surface area contributed by atoms with E-state index in [1.54, 1.807) is 23.9 Å². The molecule has 2 saturated heterocycles. The summed E-state index contributed by atoms with van der Waals surface area (Å²) in [5.41, 5.74) is 2.39. The Bertz CT molecular complexity index is 1370. The molecule has 1 N–H and O–H groups in total. The van der Waals surface area contributed by atoms with E-state index in [4.69, 9.17) is 11.6 Å². The zero-order valence-electron chi connectivity index (χ0n) is 23.0. The van der Waals surface area contributed by atoms with E-state index >= 15 is 0 Å². The molecule has 2 aliphatic heterocycles. The van der Waals surface area contributed by atoms with Crippen molar-refractivity contribution < 1.29 is 4.79 Å². The third-order valence-electron chi connectivity index (χ3n) is 7.55. The van der Waals surface area contributed by atoms with Gasteiger partial charge in [-0.05, 0) is 73.6 Å². The summed E-state index contributed by atoms with van der Waals surface area (Å²) in [4.78, 5) is 29.9. The highest BCUT2D eigenvalue weighted by Gasteiger charge is 2.47. The van der Waals surface area contributed by atoms with E-state index in [1.807, 2.05) is 68.1 Å². The molecule has 0 unspecified atom stereocenters. The Labute approximate surface area is 230 Å². The van der Waals surface area contributed by atoms with E-state index in [-0.39, 0.29) is 11.5 Å². The minimum Gasteiger partial charge on any atom is -0.372 e. The van der Waals surface area contributed by atoms with Gasteiger partial charge in [0.05, 0.1) is 18.6 Å². The van der Waals surface area contributed by atoms with Crippen LogP contribution in [0.25, 0.3) is 10.8 Å². The van der Waals surface area contributed by atoms with Gasteiger partial charge in [-0.1, -0.05) is 56.1 Å². The number of hydrogen-bond donors (Lipinski definition) is 1. The van der Waals surface area contributed by atoms with Crippen LogP contribution in [0.2, 0.25) is 5.02 Å². The molecule has 0 aliphatic carbocycles. The first-order chi connectivity index (χ1) is 18.4. The van der Waals surface area contributed by atoms with Gasteiger partial charge in [-0.25, -0.2) is 0 Å². The summed E-state index contributed by atoms with van der Waals surface area (Å²) in [6.45, 7) is 10.1. The van der Waals surface area contributed by atoms with Crippen molar-refractivity contribution in [3.05, 3.63) is 87.3 Å². The van der Waals surface area contributed by atoms with Crippen LogP contribution in [-0.4, -0.2) is 53.0 Å². The van der Waals surface area contributed by atoms with Crippen molar-refractivity contribution in [2.45, 2.75) is 45.6 Å². The molecular formula is C31H39ClN4O2. The number of aromatic nitrogens is 1. The summed E-state index contributed by atoms with van der Waals surface area (Å²) in [6, 6.07) is 13.7. The van der Waals surface area contributed by atoms with Crippen LogP contribution in [-0.2, 0) is 17.4 Å². The minimum absolute atomic E-state index is 0.0245. The van der Waals surface area contributed by atoms with Crippen LogP contribution in [0.5, 0.6) is 0 Å². The molecular weight excluding hydrogens is 496 g/mol. The van der Waals surface area contributed by atoms with Crippen LogP contribution in [0, 0.1) is 6.92 Å². The van der Waals surface area contributed by atoms with E-state index in [0.717, 1.165) is 41.8 Å². The molecule has 3 aromatic rings. The zero-order valence-corrected chi connectivity index (χ0v) is 23.7. The lowest BCUT2D eigenvalue weighted by Gasteiger charge is -2.51. The van der Waals surface area contributed by atoms with Crippen LogP contribution in [0.3, 0.4) is 0 Å². The van der Waals surface area contributed by atoms with Gasteiger partial charge in [0.2, 0.25) is 5.91 Å². The number of pyridine rings is 1. The van der Waals surface area contributed by atoms with Gasteiger partial charge >= 0.3 is 0 Å². The fraction of sp³-hybridized carbons (Fsp3) is 0.419. The maximum absolute atomic E-state index is 13.0. The zero-order chi connectivity index (χ0) is 27.3. The molecule has 1 aromatic heterocycles. The summed E-state index contributed by atoms with van der Waals surface area (Å²) in [6.07, 6.45) is 9.26. The fourth-order valence-corrected chi connectivity index (χ4v) is 5.62. The largest absolute Gasteiger partial charge is 0.372 e. The molecule has 1 amide bonds. The predicted octanol–water partition coefficient (Wildman–Crippen LogP) is 5.72. The number of nitrogens with one attached hydrogen (secondary N) is 1. The number of fused-ring (bicyclic) bond motifs is 1. The van der Waals surface area contributed by atoms with E-state index in [2.05, 4.69) is 16.3 Å². The molecule has 0 atom stereocenters. The highest BCUT2D eigenvalue weighted by atomic mass is 35.5. The highest BCUT2D eigenvalue weighted by Crippen LogP contribution is 2.39. The summed E-state index contributed by atoms with van der Waals surface area (Å²) < 4.78 is 1.59. The molecule has 0 radical (unpaired) electrons. The number of likely N-dealkylation sites (tertiary alicyclic amines) is 2. The highest BCUT2D eigenvalue weighted by molar-refractivity contribution is 6.31. The number of carbonyl (C=O) groups is 1. The summed E-state index contributed by atoms with van der Waals surface area (Å²) in [7, 11) is 1.76. The molecule has 0 spiro atoms. The van der Waals surface area contributed by atoms with Crippen molar-refractivity contribution in [3.8, 4) is 0 Å². The standard InChI is InChI=1S/C29H33ClN4O2.C2H6/c1-21-25(8-6-9-26(21)30)29(31-23-12-11-22-13-17-32(2)28(36)24(22)18-23)19-34(20-29)27(35)10-7-16-33-14-4-3-5-15-33;1-2/h6-13,17-18,31H,3-5,14-16,19-20H2,1-2H3;1-2H3/b10-7+;. The smallest absolute Gasteiger partial charge is 0.258 e. The monoisotopic (exact) mass is 534 g/mol. The molecule has 202 valence electrons. The van der Waals surface area contributed by atoms with E-state index in [9.17, 15) is 9.59 Å². The Kier molecular flexibility index (Phi) is 8.95. The van der Waals surface area contributed by atoms with Crippen LogP contribution < -0.4 is 10.9 Å². The lowest BCUT2D eigenvalue weighted by atomic mass is 9.79. The average Bonchev–Trinajstić information content (AvgIpc) is 2.92. The molecule has 7 heteroatoms. The third-order valence-corrected chi connectivity index (χ3v) is 7.96. The summed E-state index contributed by atoms with van der Waals surface area (Å²) in [5, 5.41) is 5.94. The molecule has 2 aromatic carbocycles. The SMILES string of the molecule is CC.Cc1c(Cl)cccc1C1(Nc2ccc3ccn(C)c(=O)c3c2)CN(C(=O)/C=C/CN2CCCCC2)C1. The number of hydrogen-bond acceptors (Lipinski definition) is 4. The van der Waals surface area contributed by atoms with Gasteiger partial charge in [0.25, 0.3) is 5.56 Å². The van der Waals surface area contributed by atoms with Crippen molar-refractivity contribution in [1.29, 1.82) is 0 Å². The molecule has 2 aliphatic rings. The lowest BCUT2D eigenvalue weighted by Crippen LogP contribution is -2.65. The first-order valence-corrected chi connectivity index (χ1v) is 14.1. The fourth-order valence-electron chi connectivity index (χ4n) is 5.44. The topological polar surface area (TPSA) is 57.6 Å². The minimum atomic E-state index is -0.487. The number of nitrogens with zero attached hydrogens (tertiary/aromatic N) is 3. The van der Waals surface area contributed by atoms with Gasteiger partial charge < -0.3 is 14.8 Å². The van der Waals surface area contributed by atoms with Crippen LogP contribution in [0.15, 0.2) is 65.6 Å². The number of rotatable bonds is 6. The lowest BCUT2D eigenvalue weighted by molar-refractivity contribution is -0.132. The molecule has 0 bridgehead atoms. The molecule has 5 rings (SSSR count). The maximum Gasteiger partial charge on any atom is 0.258 e. The van der Waals surface area contributed by atoms with Crippen molar-refractivity contribution in [2.75, 3.05) is 38.0 Å².